The lowest BCUT2D eigenvalue weighted by molar-refractivity contribution is 0.463. The van der Waals surface area contributed by atoms with Crippen molar-refractivity contribution in [3.8, 4) is 0 Å². The fourth-order valence-electron chi connectivity index (χ4n) is 1.13. The molecule has 0 aliphatic rings. The molecule has 2 rings (SSSR count). The van der Waals surface area contributed by atoms with Crippen molar-refractivity contribution in [2.24, 2.45) is 0 Å². The summed E-state index contributed by atoms with van der Waals surface area (Å²) in [7, 11) is -3.44. The minimum atomic E-state index is -3.44. The number of rotatable bonds is 4. The second-order valence-electron chi connectivity index (χ2n) is 3.12. The van der Waals surface area contributed by atoms with Crippen LogP contribution in [0.5, 0.6) is 0 Å². The van der Waals surface area contributed by atoms with E-state index in [4.69, 9.17) is 4.42 Å². The normalized spacial score (nSPS) is 11.8. The molecule has 86 valence electrons. The molecule has 0 aromatic carbocycles. The van der Waals surface area contributed by atoms with Crippen molar-refractivity contribution in [1.82, 2.24) is 9.71 Å². The summed E-state index contributed by atoms with van der Waals surface area (Å²) in [4.78, 5) is 3.91. The van der Waals surface area contributed by atoms with Crippen molar-refractivity contribution in [3.63, 3.8) is 0 Å². The van der Waals surface area contributed by atoms with Gasteiger partial charge in [-0.15, -0.1) is 11.3 Å². The van der Waals surface area contributed by atoms with Crippen LogP contribution in [0.25, 0.3) is 0 Å². The van der Waals surface area contributed by atoms with Gasteiger partial charge in [-0.05, 0) is 18.4 Å². The molecule has 0 amide bonds. The average molecular weight is 258 g/mol. The summed E-state index contributed by atoms with van der Waals surface area (Å²) in [5, 5.41) is 1.71. The Bertz CT molecular complexity index is 557. The third kappa shape index (κ3) is 2.49. The number of nitrogens with zero attached hydrogens (tertiary/aromatic N) is 1. The maximum Gasteiger partial charge on any atom is 0.250 e. The molecule has 2 aromatic heterocycles. The van der Waals surface area contributed by atoms with Gasteiger partial charge in [0.1, 0.15) is 9.97 Å². The summed E-state index contributed by atoms with van der Waals surface area (Å²) in [5.74, 6) is 1.02. The highest BCUT2D eigenvalue weighted by atomic mass is 32.2. The Morgan fingerprint density at radius 3 is 2.94 bits per heavy atom. The van der Waals surface area contributed by atoms with Crippen LogP contribution in [0, 0.1) is 6.92 Å². The number of hydrogen-bond donors (Lipinski definition) is 1. The van der Waals surface area contributed by atoms with Crippen LogP contribution < -0.4 is 4.72 Å². The Morgan fingerprint density at radius 1 is 1.56 bits per heavy atom. The summed E-state index contributed by atoms with van der Waals surface area (Å²) in [5.41, 5.74) is 0. The van der Waals surface area contributed by atoms with Crippen LogP contribution in [0.3, 0.4) is 0 Å². The number of nitrogens with one attached hydrogen (secondary N) is 1. The molecule has 5 nitrogen and oxygen atoms in total. The first-order chi connectivity index (χ1) is 7.58. The Balaban J connectivity index is 2.06. The summed E-state index contributed by atoms with van der Waals surface area (Å²) in [6, 6.07) is 3.24. The van der Waals surface area contributed by atoms with Crippen molar-refractivity contribution in [3.05, 3.63) is 35.4 Å². The zero-order chi connectivity index (χ0) is 11.6. The van der Waals surface area contributed by atoms with E-state index in [9.17, 15) is 8.42 Å². The highest BCUT2D eigenvalue weighted by Gasteiger charge is 2.15. The third-order valence-corrected chi connectivity index (χ3v) is 4.64. The quantitative estimate of drug-likeness (QED) is 0.902. The number of hydrogen-bond acceptors (Lipinski definition) is 5. The van der Waals surface area contributed by atoms with Crippen LogP contribution in [0.2, 0.25) is 0 Å². The minimum Gasteiger partial charge on any atom is -0.445 e. The van der Waals surface area contributed by atoms with Crippen molar-refractivity contribution >= 4 is 21.4 Å². The summed E-state index contributed by atoms with van der Waals surface area (Å²) in [6.45, 7) is 1.82. The van der Waals surface area contributed by atoms with Gasteiger partial charge in [-0.3, -0.25) is 0 Å². The van der Waals surface area contributed by atoms with Gasteiger partial charge in [0.05, 0.1) is 12.7 Å². The van der Waals surface area contributed by atoms with Crippen LogP contribution in [0.1, 0.15) is 11.7 Å². The van der Waals surface area contributed by atoms with E-state index in [0.29, 0.717) is 11.7 Å². The van der Waals surface area contributed by atoms with E-state index >= 15 is 0 Å². The summed E-state index contributed by atoms with van der Waals surface area (Å²) in [6.07, 6.45) is 1.55. The van der Waals surface area contributed by atoms with Crippen LogP contribution >= 0.6 is 11.3 Å². The van der Waals surface area contributed by atoms with Gasteiger partial charge in [0, 0.05) is 0 Å². The topological polar surface area (TPSA) is 72.2 Å². The molecule has 0 bridgehead atoms. The van der Waals surface area contributed by atoms with E-state index in [0.717, 1.165) is 0 Å². The summed E-state index contributed by atoms with van der Waals surface area (Å²) < 4.78 is 31.3. The molecule has 0 aliphatic heterocycles. The second-order valence-corrected chi connectivity index (χ2v) is 6.06. The van der Waals surface area contributed by atoms with Crippen LogP contribution in [-0.2, 0) is 16.6 Å². The number of aromatic nitrogens is 1. The molecule has 2 aromatic rings. The maximum absolute atomic E-state index is 11.7. The van der Waals surface area contributed by atoms with Gasteiger partial charge in [0.25, 0.3) is 10.0 Å². The first-order valence-corrected chi connectivity index (χ1v) is 6.89. The molecular weight excluding hydrogens is 248 g/mol. The molecule has 0 aliphatic carbocycles. The average Bonchev–Trinajstić information content (AvgIpc) is 2.85. The predicted molar refractivity (Wildman–Crippen MR) is 59.6 cm³/mol. The summed E-state index contributed by atoms with van der Waals surface area (Å²) >= 11 is 1.17. The maximum atomic E-state index is 11.7. The number of aryl methyl sites for hydroxylation is 1. The Morgan fingerprint density at radius 2 is 2.38 bits per heavy atom. The highest BCUT2D eigenvalue weighted by Crippen LogP contribution is 2.15. The Hall–Kier alpha value is -1.18. The van der Waals surface area contributed by atoms with E-state index < -0.39 is 10.0 Å². The fourth-order valence-corrected chi connectivity index (χ4v) is 3.14. The molecule has 0 saturated carbocycles. The lowest BCUT2D eigenvalue weighted by Gasteiger charge is -2.01. The van der Waals surface area contributed by atoms with E-state index in [1.165, 1.54) is 11.3 Å². The highest BCUT2D eigenvalue weighted by molar-refractivity contribution is 7.91. The Kier molecular flexibility index (Phi) is 3.08. The fraction of sp³-hybridized carbons (Fsp3) is 0.222. The number of thiophene rings is 1. The molecule has 0 unspecified atom stereocenters. The number of sulfonamides is 1. The first kappa shape index (κ1) is 11.3. The van der Waals surface area contributed by atoms with E-state index in [1.807, 2.05) is 0 Å². The zero-order valence-corrected chi connectivity index (χ0v) is 10.1. The van der Waals surface area contributed by atoms with Crippen LogP contribution in [0.4, 0.5) is 0 Å². The molecule has 0 radical (unpaired) electrons. The van der Waals surface area contributed by atoms with E-state index in [-0.39, 0.29) is 10.8 Å². The first-order valence-electron chi connectivity index (χ1n) is 4.52. The van der Waals surface area contributed by atoms with Crippen molar-refractivity contribution in [2.45, 2.75) is 17.7 Å². The second kappa shape index (κ2) is 4.36. The van der Waals surface area contributed by atoms with E-state index in [2.05, 4.69) is 9.71 Å². The van der Waals surface area contributed by atoms with Crippen LogP contribution in [-0.4, -0.2) is 13.4 Å². The van der Waals surface area contributed by atoms with Crippen molar-refractivity contribution in [2.75, 3.05) is 0 Å². The minimum absolute atomic E-state index is 0.0636. The molecule has 7 heteroatoms. The van der Waals surface area contributed by atoms with Gasteiger partial charge in [0.2, 0.25) is 5.89 Å². The lowest BCUT2D eigenvalue weighted by Crippen LogP contribution is -2.22. The molecule has 2 heterocycles. The molecule has 1 N–H and O–H groups in total. The van der Waals surface area contributed by atoms with Gasteiger partial charge in [-0.25, -0.2) is 18.1 Å². The Labute approximate surface area is 97.2 Å². The largest absolute Gasteiger partial charge is 0.445 e. The molecule has 0 saturated heterocycles. The SMILES string of the molecule is Cc1cnc(CNS(=O)(=O)c2cccs2)o1. The molecule has 0 spiro atoms. The monoisotopic (exact) mass is 258 g/mol. The van der Waals surface area contributed by atoms with Gasteiger partial charge in [-0.1, -0.05) is 6.07 Å². The molecule has 0 fully saturated rings. The van der Waals surface area contributed by atoms with E-state index in [1.54, 1.807) is 30.6 Å². The smallest absolute Gasteiger partial charge is 0.250 e. The lowest BCUT2D eigenvalue weighted by atomic mass is 10.6. The zero-order valence-electron chi connectivity index (χ0n) is 8.50. The third-order valence-electron chi connectivity index (χ3n) is 1.84. The standard InChI is InChI=1S/C9H10N2O3S2/c1-7-5-10-8(14-7)6-11-16(12,13)9-3-2-4-15-9/h2-5,11H,6H2,1H3. The van der Waals surface area contributed by atoms with Crippen molar-refractivity contribution < 1.29 is 12.8 Å². The van der Waals surface area contributed by atoms with Gasteiger partial charge in [-0.2, -0.15) is 0 Å². The van der Waals surface area contributed by atoms with Gasteiger partial charge >= 0.3 is 0 Å². The predicted octanol–water partition coefficient (Wildman–Crippen LogP) is 1.52. The van der Waals surface area contributed by atoms with Crippen molar-refractivity contribution in [1.29, 1.82) is 0 Å². The molecule has 16 heavy (non-hydrogen) atoms. The van der Waals surface area contributed by atoms with Gasteiger partial charge < -0.3 is 4.42 Å². The molecule has 0 atom stereocenters. The number of oxazole rings is 1. The van der Waals surface area contributed by atoms with Crippen LogP contribution in [0.15, 0.2) is 32.3 Å². The molecular formula is C9H10N2O3S2. The van der Waals surface area contributed by atoms with Gasteiger partial charge in [0.15, 0.2) is 0 Å².